The van der Waals surface area contributed by atoms with Gasteiger partial charge in [0, 0.05) is 29.4 Å². The van der Waals surface area contributed by atoms with E-state index in [0.29, 0.717) is 17.7 Å². The molecule has 0 atom stereocenters. The Morgan fingerprint density at radius 1 is 1.38 bits per heavy atom. The van der Waals surface area contributed by atoms with E-state index >= 15 is 0 Å². The van der Waals surface area contributed by atoms with Gasteiger partial charge in [0.05, 0.1) is 11.1 Å². The molecule has 0 spiro atoms. The number of hydrogen-bond acceptors (Lipinski definition) is 4. The lowest BCUT2D eigenvalue weighted by molar-refractivity contribution is -0.415. The van der Waals surface area contributed by atoms with Gasteiger partial charge in [-0.2, -0.15) is 5.10 Å². The number of nitro groups is 1. The molecule has 0 fully saturated rings. The minimum atomic E-state index is -0.655. The molecule has 0 aliphatic heterocycles. The van der Waals surface area contributed by atoms with Gasteiger partial charge in [-0.05, 0) is 13.8 Å². The monoisotopic (exact) mass is 285 g/mol. The van der Waals surface area contributed by atoms with E-state index < -0.39 is 16.4 Å². The number of nitrogens with zero attached hydrogens (tertiary/aromatic N) is 3. The van der Waals surface area contributed by atoms with Crippen LogP contribution in [0, 0.1) is 17.0 Å². The van der Waals surface area contributed by atoms with Crippen LogP contribution >= 0.6 is 0 Å². The maximum atomic E-state index is 12.2. The van der Waals surface area contributed by atoms with Crippen LogP contribution in [0.1, 0.15) is 28.5 Å². The van der Waals surface area contributed by atoms with E-state index in [1.54, 1.807) is 35.0 Å². The molecular formula is C15H15N3O3. The number of allylic oxidation sites excluding steroid dienone is 1. The van der Waals surface area contributed by atoms with Crippen LogP contribution in [0.3, 0.4) is 0 Å². The minimum absolute atomic E-state index is 0.293. The molecule has 0 saturated carbocycles. The summed E-state index contributed by atoms with van der Waals surface area (Å²) in [6.07, 6.45) is 2.81. The molecule has 0 aliphatic carbocycles. The third-order valence-corrected chi connectivity index (χ3v) is 3.20. The molecule has 0 amide bonds. The molecule has 2 rings (SSSR count). The zero-order chi connectivity index (χ0) is 15.4. The first kappa shape index (κ1) is 14.6. The molecule has 6 nitrogen and oxygen atoms in total. The highest BCUT2D eigenvalue weighted by atomic mass is 16.6. The molecule has 0 saturated heterocycles. The van der Waals surface area contributed by atoms with Crippen LogP contribution in [-0.2, 0) is 6.54 Å². The Morgan fingerprint density at radius 3 is 2.57 bits per heavy atom. The van der Waals surface area contributed by atoms with E-state index in [9.17, 15) is 14.9 Å². The number of benzene rings is 1. The van der Waals surface area contributed by atoms with Crippen molar-refractivity contribution in [3.63, 3.8) is 0 Å². The summed E-state index contributed by atoms with van der Waals surface area (Å²) >= 11 is 0. The molecular weight excluding hydrogens is 270 g/mol. The van der Waals surface area contributed by atoms with Gasteiger partial charge in [0.2, 0.25) is 0 Å². The van der Waals surface area contributed by atoms with Gasteiger partial charge in [-0.25, -0.2) is 0 Å². The number of rotatable bonds is 5. The molecule has 0 unspecified atom stereocenters. The van der Waals surface area contributed by atoms with Crippen LogP contribution in [0.5, 0.6) is 0 Å². The topological polar surface area (TPSA) is 78.0 Å². The molecule has 21 heavy (non-hydrogen) atoms. The van der Waals surface area contributed by atoms with Crippen LogP contribution in [0.25, 0.3) is 6.08 Å². The highest BCUT2D eigenvalue weighted by molar-refractivity contribution is 6.09. The summed E-state index contributed by atoms with van der Waals surface area (Å²) in [5.74, 6) is -0.607. The van der Waals surface area contributed by atoms with Gasteiger partial charge < -0.3 is 0 Å². The van der Waals surface area contributed by atoms with Crippen LogP contribution in [0.15, 0.2) is 42.2 Å². The number of hydrogen-bond donors (Lipinski definition) is 0. The van der Waals surface area contributed by atoms with Crippen molar-refractivity contribution in [2.75, 3.05) is 0 Å². The molecule has 108 valence electrons. The second kappa shape index (κ2) is 6.13. The van der Waals surface area contributed by atoms with Gasteiger partial charge in [0.25, 0.3) is 5.78 Å². The van der Waals surface area contributed by atoms with Gasteiger partial charge in [-0.15, -0.1) is 0 Å². The summed E-state index contributed by atoms with van der Waals surface area (Å²) in [6.45, 7) is 4.41. The van der Waals surface area contributed by atoms with Crippen LogP contribution in [0.2, 0.25) is 0 Å². The lowest BCUT2D eigenvalue weighted by atomic mass is 10.1. The van der Waals surface area contributed by atoms with Gasteiger partial charge in [0.1, 0.15) is 0 Å². The van der Waals surface area contributed by atoms with Gasteiger partial charge >= 0.3 is 5.70 Å². The fraction of sp³-hybridized carbons (Fsp3) is 0.200. The van der Waals surface area contributed by atoms with Crippen LogP contribution in [-0.4, -0.2) is 20.5 Å². The summed E-state index contributed by atoms with van der Waals surface area (Å²) in [5, 5.41) is 15.3. The molecule has 0 bridgehead atoms. The van der Waals surface area contributed by atoms with Gasteiger partial charge in [-0.3, -0.25) is 19.6 Å². The average Bonchev–Trinajstić information content (AvgIpc) is 2.85. The maximum Gasteiger partial charge on any atom is 0.317 e. The van der Waals surface area contributed by atoms with E-state index in [0.717, 1.165) is 5.69 Å². The van der Waals surface area contributed by atoms with Gasteiger partial charge in [0.15, 0.2) is 0 Å². The summed E-state index contributed by atoms with van der Waals surface area (Å²) in [6, 6.07) is 8.21. The fourth-order valence-corrected chi connectivity index (χ4v) is 2.01. The summed E-state index contributed by atoms with van der Waals surface area (Å²) < 4.78 is 1.72. The standard InChI is InChI=1S/C15H15N3O3/c1-3-17-11(2)13(10-16-17)9-14(18(20)21)15(19)12-7-5-4-6-8-12/h4-10H,3H2,1-2H3. The molecule has 0 aliphatic rings. The Bertz CT molecular complexity index is 702. The van der Waals surface area contributed by atoms with Crippen molar-refractivity contribution in [3.8, 4) is 0 Å². The highest BCUT2D eigenvalue weighted by Gasteiger charge is 2.24. The number of Topliss-reactive ketones (excluding diaryl/α,β-unsaturated/α-hetero) is 1. The van der Waals surface area contributed by atoms with Crippen molar-refractivity contribution >= 4 is 11.9 Å². The largest absolute Gasteiger partial charge is 0.317 e. The van der Waals surface area contributed by atoms with Crippen molar-refractivity contribution in [2.24, 2.45) is 0 Å². The Balaban J connectivity index is 2.44. The van der Waals surface area contributed by atoms with Crippen molar-refractivity contribution in [2.45, 2.75) is 20.4 Å². The van der Waals surface area contributed by atoms with Crippen molar-refractivity contribution in [1.29, 1.82) is 0 Å². The predicted octanol–water partition coefficient (Wildman–Crippen LogP) is 2.71. The van der Waals surface area contributed by atoms with Crippen LogP contribution in [0.4, 0.5) is 0 Å². The first-order valence-corrected chi connectivity index (χ1v) is 6.52. The maximum absolute atomic E-state index is 12.2. The second-order valence-corrected chi connectivity index (χ2v) is 4.48. The van der Waals surface area contributed by atoms with Gasteiger partial charge in [-0.1, -0.05) is 30.3 Å². The molecule has 0 N–H and O–H groups in total. The molecule has 1 heterocycles. The third-order valence-electron chi connectivity index (χ3n) is 3.20. The highest BCUT2D eigenvalue weighted by Crippen LogP contribution is 2.16. The minimum Gasteiger partial charge on any atom is -0.282 e. The fourth-order valence-electron chi connectivity index (χ4n) is 2.01. The van der Waals surface area contributed by atoms with E-state index in [-0.39, 0.29) is 0 Å². The van der Waals surface area contributed by atoms with Crippen LogP contribution < -0.4 is 0 Å². The zero-order valence-electron chi connectivity index (χ0n) is 11.8. The lowest BCUT2D eigenvalue weighted by Crippen LogP contribution is -2.11. The molecule has 1 aromatic heterocycles. The quantitative estimate of drug-likeness (QED) is 0.366. The van der Waals surface area contributed by atoms with E-state index in [4.69, 9.17) is 0 Å². The number of carbonyl (C=O) groups is 1. The van der Waals surface area contributed by atoms with Crippen molar-refractivity contribution < 1.29 is 9.72 Å². The Labute approximate surface area is 121 Å². The molecule has 2 aromatic rings. The Kier molecular flexibility index (Phi) is 4.27. The predicted molar refractivity (Wildman–Crippen MR) is 78.4 cm³/mol. The second-order valence-electron chi connectivity index (χ2n) is 4.48. The lowest BCUT2D eigenvalue weighted by Gasteiger charge is -2.00. The van der Waals surface area contributed by atoms with E-state index in [1.807, 2.05) is 13.8 Å². The molecule has 1 aromatic carbocycles. The SMILES string of the molecule is CCn1ncc(C=C(C(=O)c2ccccc2)[N+](=O)[O-])c1C. The summed E-state index contributed by atoms with van der Waals surface area (Å²) in [5.41, 5.74) is 1.20. The Hall–Kier alpha value is -2.76. The summed E-state index contributed by atoms with van der Waals surface area (Å²) in [4.78, 5) is 22.8. The first-order chi connectivity index (χ1) is 10.0. The van der Waals surface area contributed by atoms with E-state index in [2.05, 4.69) is 5.10 Å². The zero-order valence-corrected chi connectivity index (χ0v) is 11.8. The smallest absolute Gasteiger partial charge is 0.282 e. The number of aryl methyl sites for hydroxylation is 1. The molecule has 6 heteroatoms. The number of carbonyl (C=O) groups excluding carboxylic acids is 1. The van der Waals surface area contributed by atoms with E-state index in [1.165, 1.54) is 12.3 Å². The normalized spacial score (nSPS) is 11.4. The average molecular weight is 285 g/mol. The third kappa shape index (κ3) is 3.05. The van der Waals surface area contributed by atoms with Crippen molar-refractivity contribution in [1.82, 2.24) is 9.78 Å². The number of aromatic nitrogens is 2. The Morgan fingerprint density at radius 2 is 2.05 bits per heavy atom. The first-order valence-electron chi connectivity index (χ1n) is 6.52. The van der Waals surface area contributed by atoms with Crippen molar-refractivity contribution in [3.05, 3.63) is 69.2 Å². The molecule has 0 radical (unpaired) electrons. The summed E-state index contributed by atoms with van der Waals surface area (Å²) in [7, 11) is 0. The number of ketones is 1.